The van der Waals surface area contributed by atoms with Crippen LogP contribution >= 0.6 is 10.8 Å². The zero-order chi connectivity index (χ0) is 12.7. The summed E-state index contributed by atoms with van der Waals surface area (Å²) in [6.45, 7) is 6.88. The van der Waals surface area contributed by atoms with Crippen molar-refractivity contribution in [2.45, 2.75) is 20.8 Å². The largest absolute Gasteiger partial charge is 0.512 e. The highest BCUT2D eigenvalue weighted by Crippen LogP contribution is 2.20. The van der Waals surface area contributed by atoms with E-state index in [1.54, 1.807) is 0 Å². The summed E-state index contributed by atoms with van der Waals surface area (Å²) in [6.07, 6.45) is 1.17. The average molecular weight is 288 g/mol. The quantitative estimate of drug-likeness (QED) is 0.470. The molecule has 0 aliphatic heterocycles. The topological polar surface area (TPSA) is 61.8 Å². The molecule has 0 saturated carbocycles. The summed E-state index contributed by atoms with van der Waals surface area (Å²) in [7, 11) is -5.10. The minimum atomic E-state index is -3.10. The van der Waals surface area contributed by atoms with Gasteiger partial charge >= 0.3 is 8.80 Å². The lowest BCUT2D eigenvalue weighted by Crippen LogP contribution is -2.49. The number of hydrogen-bond donors (Lipinski definition) is 0. The Bertz CT molecular complexity index is 263. The van der Waals surface area contributed by atoms with Gasteiger partial charge in [-0.05, 0) is 31.6 Å². The molecular formula is C8H20O5S2Si. The van der Waals surface area contributed by atoms with Crippen LogP contribution in [0.2, 0.25) is 0 Å². The Morgan fingerprint density at radius 3 is 1.62 bits per heavy atom. The van der Waals surface area contributed by atoms with Crippen molar-refractivity contribution in [1.82, 2.24) is 0 Å². The Kier molecular flexibility index (Phi) is 7.86. The molecule has 98 valence electrons. The molecule has 0 aliphatic rings. The van der Waals surface area contributed by atoms with Gasteiger partial charge in [0.2, 0.25) is 0 Å². The van der Waals surface area contributed by atoms with E-state index >= 15 is 0 Å². The molecule has 0 spiro atoms. The lowest BCUT2D eigenvalue weighted by atomic mass is 10.9. The van der Waals surface area contributed by atoms with Gasteiger partial charge < -0.3 is 13.3 Å². The average Bonchev–Trinajstić information content (AvgIpc) is 2.15. The van der Waals surface area contributed by atoms with E-state index in [4.69, 9.17) is 13.3 Å². The molecule has 0 atom stereocenters. The molecule has 0 radical (unpaired) electrons. The first-order valence-corrected chi connectivity index (χ1v) is 10.5. The highest BCUT2D eigenvalue weighted by molar-refractivity contribution is 8.72. The van der Waals surface area contributed by atoms with Crippen LogP contribution in [0.15, 0.2) is 0 Å². The maximum atomic E-state index is 11.1. The Morgan fingerprint density at radius 1 is 1.00 bits per heavy atom. The minimum absolute atomic E-state index is 0.237. The molecule has 0 N–H and O–H groups in total. The Morgan fingerprint density at radius 2 is 1.38 bits per heavy atom. The van der Waals surface area contributed by atoms with Crippen LogP contribution in [0, 0.1) is 0 Å². The number of rotatable bonds is 9. The Labute approximate surface area is 103 Å². The second-order valence-electron chi connectivity index (χ2n) is 2.95. The van der Waals surface area contributed by atoms with Crippen molar-refractivity contribution < 1.29 is 21.7 Å². The summed E-state index contributed by atoms with van der Waals surface area (Å²) in [5, 5.41) is 0.237. The van der Waals surface area contributed by atoms with Gasteiger partial charge in [-0.3, -0.25) is 0 Å². The molecule has 0 bridgehead atoms. The van der Waals surface area contributed by atoms with Gasteiger partial charge in [-0.1, -0.05) is 0 Å². The van der Waals surface area contributed by atoms with Gasteiger partial charge in [0.1, 0.15) is 0 Å². The predicted octanol–water partition coefficient (Wildman–Crippen LogP) is 1.27. The molecule has 5 nitrogen and oxygen atoms in total. The van der Waals surface area contributed by atoms with Crippen molar-refractivity contribution in [3.63, 3.8) is 0 Å². The zero-order valence-electron chi connectivity index (χ0n) is 10.2. The summed E-state index contributed by atoms with van der Waals surface area (Å²) >= 11 is 0. The van der Waals surface area contributed by atoms with E-state index < -0.39 is 17.7 Å². The summed E-state index contributed by atoms with van der Waals surface area (Å²) in [5.74, 6) is 0. The third kappa shape index (κ3) is 6.87. The fraction of sp³-hybridized carbons (Fsp3) is 1.00. The molecule has 0 rings (SSSR count). The smallest absolute Gasteiger partial charge is 0.373 e. The molecular weight excluding hydrogens is 268 g/mol. The van der Waals surface area contributed by atoms with E-state index in [1.807, 2.05) is 20.8 Å². The molecule has 0 unspecified atom stereocenters. The summed E-state index contributed by atoms with van der Waals surface area (Å²) < 4.78 is 38.8. The van der Waals surface area contributed by atoms with Gasteiger partial charge in [0.05, 0.1) is 5.38 Å². The first kappa shape index (κ1) is 16.4. The molecule has 0 heterocycles. The minimum Gasteiger partial charge on any atom is -0.373 e. The molecule has 16 heavy (non-hydrogen) atoms. The second-order valence-corrected chi connectivity index (χ2v) is 10.5. The van der Waals surface area contributed by atoms with Crippen LogP contribution in [0.5, 0.6) is 0 Å². The Hall–Kier alpha value is 0.397. The Balaban J connectivity index is 4.58. The fourth-order valence-corrected chi connectivity index (χ4v) is 8.32. The van der Waals surface area contributed by atoms with Gasteiger partial charge in [-0.25, -0.2) is 8.42 Å². The van der Waals surface area contributed by atoms with E-state index in [0.29, 0.717) is 19.8 Å². The van der Waals surface area contributed by atoms with Crippen molar-refractivity contribution >= 4 is 28.5 Å². The lowest BCUT2D eigenvalue weighted by Gasteiger charge is -2.27. The van der Waals surface area contributed by atoms with Crippen molar-refractivity contribution in [3.8, 4) is 0 Å². The second kappa shape index (κ2) is 7.67. The SMILES string of the molecule is CCO[Si](CSS(C)(=O)=O)(OCC)OCC. The van der Waals surface area contributed by atoms with E-state index in [0.717, 1.165) is 10.8 Å². The molecule has 8 heteroatoms. The van der Waals surface area contributed by atoms with Crippen LogP contribution in [-0.4, -0.2) is 48.7 Å². The summed E-state index contributed by atoms with van der Waals surface area (Å²) in [5.41, 5.74) is 0. The van der Waals surface area contributed by atoms with Crippen LogP contribution in [0.3, 0.4) is 0 Å². The van der Waals surface area contributed by atoms with Crippen molar-refractivity contribution in [2.75, 3.05) is 31.5 Å². The fourth-order valence-electron chi connectivity index (χ4n) is 1.09. The molecule has 0 aromatic rings. The van der Waals surface area contributed by atoms with Gasteiger partial charge in [0.25, 0.3) is 0 Å². The molecule has 0 aromatic heterocycles. The zero-order valence-corrected chi connectivity index (χ0v) is 12.8. The van der Waals surface area contributed by atoms with E-state index in [2.05, 4.69) is 0 Å². The van der Waals surface area contributed by atoms with E-state index in [9.17, 15) is 8.42 Å². The predicted molar refractivity (Wildman–Crippen MR) is 67.9 cm³/mol. The third-order valence-electron chi connectivity index (χ3n) is 1.54. The van der Waals surface area contributed by atoms with Gasteiger partial charge in [-0.2, -0.15) is 0 Å². The van der Waals surface area contributed by atoms with Crippen molar-refractivity contribution in [2.24, 2.45) is 0 Å². The third-order valence-corrected chi connectivity index (χ3v) is 8.39. The highest BCUT2D eigenvalue weighted by Gasteiger charge is 2.41. The molecule has 0 aliphatic carbocycles. The molecule has 0 saturated heterocycles. The first-order chi connectivity index (χ1) is 7.39. The van der Waals surface area contributed by atoms with Crippen molar-refractivity contribution in [1.29, 1.82) is 0 Å². The van der Waals surface area contributed by atoms with Gasteiger partial charge in [0, 0.05) is 26.1 Å². The van der Waals surface area contributed by atoms with Crippen LogP contribution < -0.4 is 0 Å². The molecule has 0 aromatic carbocycles. The van der Waals surface area contributed by atoms with Crippen LogP contribution in [0.25, 0.3) is 0 Å². The van der Waals surface area contributed by atoms with Crippen LogP contribution in [0.1, 0.15) is 20.8 Å². The van der Waals surface area contributed by atoms with Crippen LogP contribution in [0.4, 0.5) is 0 Å². The summed E-state index contributed by atoms with van der Waals surface area (Å²) in [4.78, 5) is 0. The highest BCUT2D eigenvalue weighted by atomic mass is 33.1. The normalized spacial score (nSPS) is 13.0. The summed E-state index contributed by atoms with van der Waals surface area (Å²) in [6, 6.07) is 0. The van der Waals surface area contributed by atoms with Crippen molar-refractivity contribution in [3.05, 3.63) is 0 Å². The standard InChI is InChI=1S/C8H20O5S2Si/c1-5-11-16(12-6-2,13-7-3)8-14-15(4,9)10/h5-8H2,1-4H3. The molecule has 0 fully saturated rings. The number of hydrogen-bond acceptors (Lipinski definition) is 6. The van der Waals surface area contributed by atoms with E-state index in [-0.39, 0.29) is 5.38 Å². The molecule has 0 amide bonds. The lowest BCUT2D eigenvalue weighted by molar-refractivity contribution is 0.0773. The van der Waals surface area contributed by atoms with Crippen LogP contribution in [-0.2, 0) is 22.1 Å². The maximum absolute atomic E-state index is 11.1. The van der Waals surface area contributed by atoms with E-state index in [1.165, 1.54) is 6.26 Å². The van der Waals surface area contributed by atoms with Gasteiger partial charge in [-0.15, -0.1) is 0 Å². The first-order valence-electron chi connectivity index (χ1n) is 5.15. The van der Waals surface area contributed by atoms with Gasteiger partial charge in [0.15, 0.2) is 8.87 Å². The monoisotopic (exact) mass is 288 g/mol. The maximum Gasteiger partial charge on any atom is 0.512 e.